The van der Waals surface area contributed by atoms with Crippen LogP contribution in [0.5, 0.6) is 0 Å². The fraction of sp³-hybridized carbons (Fsp3) is 0.167. The Balaban J connectivity index is 2.04. The number of thiocarbonyl (C=S) groups is 1. The van der Waals surface area contributed by atoms with E-state index in [0.29, 0.717) is 11.4 Å². The lowest BCUT2D eigenvalue weighted by Gasteiger charge is -2.35. The number of carbonyl (C=O) groups excluding carboxylic acids is 2. The van der Waals surface area contributed by atoms with Crippen LogP contribution in [0.2, 0.25) is 0 Å². The highest BCUT2D eigenvalue weighted by Crippen LogP contribution is 2.27. The Hall–Kier alpha value is -2.53. The molecule has 0 aliphatic carbocycles. The molecule has 1 aliphatic rings. The Morgan fingerprint density at radius 2 is 1.26 bits per heavy atom. The van der Waals surface area contributed by atoms with E-state index in [4.69, 9.17) is 12.2 Å². The molecule has 23 heavy (non-hydrogen) atoms. The van der Waals surface area contributed by atoms with E-state index in [0.717, 1.165) is 11.1 Å². The van der Waals surface area contributed by atoms with Crippen LogP contribution < -0.4 is 9.80 Å². The summed E-state index contributed by atoms with van der Waals surface area (Å²) in [4.78, 5) is 27.6. The van der Waals surface area contributed by atoms with Crippen LogP contribution in [0.15, 0.2) is 48.5 Å². The molecule has 4 nitrogen and oxygen atoms in total. The predicted octanol–water partition coefficient (Wildman–Crippen LogP) is 3.36. The lowest BCUT2D eigenvalue weighted by atomic mass is 10.1. The second kappa shape index (κ2) is 5.93. The molecular weight excluding hydrogens is 308 g/mol. The highest BCUT2D eigenvalue weighted by Gasteiger charge is 2.36. The lowest BCUT2D eigenvalue weighted by Crippen LogP contribution is -2.55. The summed E-state index contributed by atoms with van der Waals surface area (Å²) < 4.78 is 0. The molecule has 1 saturated heterocycles. The number of benzene rings is 2. The van der Waals surface area contributed by atoms with Crippen molar-refractivity contribution in [2.45, 2.75) is 20.3 Å². The van der Waals surface area contributed by atoms with Gasteiger partial charge in [-0.1, -0.05) is 24.3 Å². The van der Waals surface area contributed by atoms with Gasteiger partial charge in [-0.2, -0.15) is 0 Å². The first-order chi connectivity index (χ1) is 11.0. The molecule has 2 amide bonds. The highest BCUT2D eigenvalue weighted by atomic mass is 32.1. The molecule has 0 saturated carbocycles. The van der Waals surface area contributed by atoms with Gasteiger partial charge in [-0.25, -0.2) is 0 Å². The third kappa shape index (κ3) is 2.87. The minimum absolute atomic E-state index is 0.192. The van der Waals surface area contributed by atoms with E-state index in [1.807, 2.05) is 62.4 Å². The summed E-state index contributed by atoms with van der Waals surface area (Å²) in [5.41, 5.74) is 3.42. The van der Waals surface area contributed by atoms with Gasteiger partial charge in [0.15, 0.2) is 5.11 Å². The molecule has 116 valence electrons. The average molecular weight is 324 g/mol. The van der Waals surface area contributed by atoms with Crippen molar-refractivity contribution in [1.82, 2.24) is 0 Å². The molecule has 2 aromatic rings. The van der Waals surface area contributed by atoms with Crippen LogP contribution in [0, 0.1) is 13.8 Å². The zero-order chi connectivity index (χ0) is 16.6. The summed E-state index contributed by atoms with van der Waals surface area (Å²) >= 11 is 5.46. The maximum atomic E-state index is 12.4. The molecule has 0 atom stereocenters. The van der Waals surface area contributed by atoms with E-state index < -0.39 is 0 Å². The topological polar surface area (TPSA) is 40.6 Å². The van der Waals surface area contributed by atoms with Crippen LogP contribution in [0.3, 0.4) is 0 Å². The molecule has 3 rings (SSSR count). The van der Waals surface area contributed by atoms with E-state index in [9.17, 15) is 9.59 Å². The number of nitrogens with zero attached hydrogens (tertiary/aromatic N) is 2. The first kappa shape index (κ1) is 15.4. The molecule has 1 aliphatic heterocycles. The molecule has 0 aromatic heterocycles. The Bertz CT molecular complexity index is 751. The van der Waals surface area contributed by atoms with Gasteiger partial charge in [0.2, 0.25) is 11.8 Å². The van der Waals surface area contributed by atoms with Crippen LogP contribution >= 0.6 is 12.2 Å². The Morgan fingerprint density at radius 3 is 1.65 bits per heavy atom. The SMILES string of the molecule is Cc1cccc(N2C(=O)CC(=O)N(c3cccc(C)c3)C2=S)c1. The first-order valence-electron chi connectivity index (χ1n) is 7.30. The molecule has 1 heterocycles. The van der Waals surface area contributed by atoms with Gasteiger partial charge >= 0.3 is 0 Å². The second-order valence-electron chi connectivity index (χ2n) is 5.60. The highest BCUT2D eigenvalue weighted by molar-refractivity contribution is 7.81. The van der Waals surface area contributed by atoms with Crippen molar-refractivity contribution in [3.05, 3.63) is 59.7 Å². The monoisotopic (exact) mass is 324 g/mol. The summed E-state index contributed by atoms with van der Waals surface area (Å²) in [6.07, 6.45) is -0.192. The van der Waals surface area contributed by atoms with Crippen molar-refractivity contribution in [3.63, 3.8) is 0 Å². The number of anilines is 2. The number of carbonyl (C=O) groups is 2. The number of aryl methyl sites for hydroxylation is 2. The van der Waals surface area contributed by atoms with Crippen molar-refractivity contribution in [1.29, 1.82) is 0 Å². The van der Waals surface area contributed by atoms with Gasteiger partial charge in [0.05, 0.1) is 11.4 Å². The molecule has 0 radical (unpaired) electrons. The van der Waals surface area contributed by atoms with E-state index >= 15 is 0 Å². The Kier molecular flexibility index (Phi) is 3.96. The van der Waals surface area contributed by atoms with Crippen LogP contribution in [-0.2, 0) is 9.59 Å². The summed E-state index contributed by atoms with van der Waals surface area (Å²) in [7, 11) is 0. The number of hydrogen-bond acceptors (Lipinski definition) is 3. The maximum Gasteiger partial charge on any atom is 0.242 e. The van der Waals surface area contributed by atoms with Gasteiger partial charge in [0.1, 0.15) is 6.42 Å². The summed E-state index contributed by atoms with van der Waals surface area (Å²) in [6.45, 7) is 3.90. The molecule has 5 heteroatoms. The van der Waals surface area contributed by atoms with Gasteiger partial charge in [-0.3, -0.25) is 19.4 Å². The molecule has 2 aromatic carbocycles. The largest absolute Gasteiger partial charge is 0.273 e. The second-order valence-corrected chi connectivity index (χ2v) is 5.96. The fourth-order valence-electron chi connectivity index (χ4n) is 2.64. The lowest BCUT2D eigenvalue weighted by molar-refractivity contribution is -0.126. The zero-order valence-corrected chi connectivity index (χ0v) is 13.8. The number of amides is 2. The standard InChI is InChI=1S/C18H16N2O2S/c1-12-5-3-7-14(9-12)19-16(21)11-17(22)20(18(19)23)15-8-4-6-13(2)10-15/h3-10H,11H2,1-2H3. The zero-order valence-electron chi connectivity index (χ0n) is 12.9. The number of hydrogen-bond donors (Lipinski definition) is 0. The van der Waals surface area contributed by atoms with E-state index in [2.05, 4.69) is 0 Å². The molecule has 1 fully saturated rings. The molecule has 0 spiro atoms. The normalized spacial score (nSPS) is 15.3. The van der Waals surface area contributed by atoms with Crippen molar-refractivity contribution in [2.24, 2.45) is 0 Å². The quantitative estimate of drug-likeness (QED) is 0.628. The van der Waals surface area contributed by atoms with Crippen molar-refractivity contribution >= 4 is 40.5 Å². The molecular formula is C18H16N2O2S. The van der Waals surface area contributed by atoms with E-state index in [-0.39, 0.29) is 23.3 Å². The fourth-order valence-corrected chi connectivity index (χ4v) is 3.06. The summed E-state index contributed by atoms with van der Waals surface area (Å²) in [6, 6.07) is 15.0. The van der Waals surface area contributed by atoms with Crippen molar-refractivity contribution in [3.8, 4) is 0 Å². The minimum atomic E-state index is -0.297. The Labute approximate surface area is 140 Å². The van der Waals surface area contributed by atoms with Crippen LogP contribution in [0.25, 0.3) is 0 Å². The van der Waals surface area contributed by atoms with Crippen molar-refractivity contribution in [2.75, 3.05) is 9.80 Å². The van der Waals surface area contributed by atoms with Crippen LogP contribution in [0.1, 0.15) is 17.5 Å². The van der Waals surface area contributed by atoms with Gasteiger partial charge in [-0.05, 0) is 61.5 Å². The average Bonchev–Trinajstić information content (AvgIpc) is 2.47. The van der Waals surface area contributed by atoms with Gasteiger partial charge in [0, 0.05) is 0 Å². The first-order valence-corrected chi connectivity index (χ1v) is 7.71. The van der Waals surface area contributed by atoms with Gasteiger partial charge in [0.25, 0.3) is 0 Å². The van der Waals surface area contributed by atoms with Crippen LogP contribution in [0.4, 0.5) is 11.4 Å². The summed E-state index contributed by atoms with van der Waals surface area (Å²) in [5.74, 6) is -0.594. The minimum Gasteiger partial charge on any atom is -0.273 e. The van der Waals surface area contributed by atoms with Crippen molar-refractivity contribution < 1.29 is 9.59 Å². The van der Waals surface area contributed by atoms with E-state index in [1.54, 1.807) is 0 Å². The molecule has 0 N–H and O–H groups in total. The third-order valence-electron chi connectivity index (χ3n) is 3.70. The third-order valence-corrected chi connectivity index (χ3v) is 4.07. The van der Waals surface area contributed by atoms with Gasteiger partial charge in [-0.15, -0.1) is 0 Å². The smallest absolute Gasteiger partial charge is 0.242 e. The van der Waals surface area contributed by atoms with Gasteiger partial charge < -0.3 is 0 Å². The molecule has 0 bridgehead atoms. The predicted molar refractivity (Wildman–Crippen MR) is 94.5 cm³/mol. The maximum absolute atomic E-state index is 12.4. The molecule has 0 unspecified atom stereocenters. The number of rotatable bonds is 2. The van der Waals surface area contributed by atoms with Crippen LogP contribution in [-0.4, -0.2) is 16.9 Å². The summed E-state index contributed by atoms with van der Waals surface area (Å²) in [5, 5.41) is 0.197. The Morgan fingerprint density at radius 1 is 0.826 bits per heavy atom. The van der Waals surface area contributed by atoms with E-state index in [1.165, 1.54) is 9.80 Å².